The average molecular weight is 285 g/mol. The molecule has 4 nitrogen and oxygen atoms in total. The molecule has 0 saturated heterocycles. The first-order valence-corrected chi connectivity index (χ1v) is 8.14. The maximum Gasteiger partial charge on any atom is 0.175 e. The summed E-state index contributed by atoms with van der Waals surface area (Å²) >= 11 is 0. The molecule has 19 heavy (non-hydrogen) atoms. The van der Waals surface area contributed by atoms with E-state index < -0.39 is 9.84 Å². The van der Waals surface area contributed by atoms with E-state index in [9.17, 15) is 8.42 Å². The Morgan fingerprint density at radius 1 is 1.32 bits per heavy atom. The van der Waals surface area contributed by atoms with E-state index >= 15 is 0 Å². The van der Waals surface area contributed by atoms with Crippen LogP contribution >= 0.6 is 0 Å². The van der Waals surface area contributed by atoms with Gasteiger partial charge < -0.3 is 10.1 Å². The fourth-order valence-electron chi connectivity index (χ4n) is 1.62. The van der Waals surface area contributed by atoms with Crippen molar-refractivity contribution in [1.82, 2.24) is 0 Å². The molecule has 0 aromatic heterocycles. The van der Waals surface area contributed by atoms with E-state index in [4.69, 9.17) is 4.74 Å². The van der Waals surface area contributed by atoms with Gasteiger partial charge in [0.15, 0.2) is 9.84 Å². The third-order valence-electron chi connectivity index (χ3n) is 3.23. The SMILES string of the molecule is COC(C)(C)CCNc1cc(S(C)(=O)=O)ccc1C. The highest BCUT2D eigenvalue weighted by molar-refractivity contribution is 7.90. The minimum atomic E-state index is -3.16. The standard InChI is InChI=1S/C14H23NO3S/c1-11-6-7-12(19(5,16)17)10-13(11)15-9-8-14(2,3)18-4/h6-7,10,15H,8-9H2,1-5H3. The van der Waals surface area contributed by atoms with E-state index in [1.54, 1.807) is 19.2 Å². The molecule has 5 heteroatoms. The first kappa shape index (κ1) is 16.0. The third kappa shape index (κ3) is 4.84. The predicted molar refractivity (Wildman–Crippen MR) is 78.5 cm³/mol. The van der Waals surface area contributed by atoms with Crippen LogP contribution in [0.1, 0.15) is 25.8 Å². The molecular weight excluding hydrogens is 262 g/mol. The summed E-state index contributed by atoms with van der Waals surface area (Å²) in [5, 5.41) is 3.27. The van der Waals surface area contributed by atoms with Crippen molar-refractivity contribution in [3.63, 3.8) is 0 Å². The lowest BCUT2D eigenvalue weighted by Crippen LogP contribution is -2.25. The summed E-state index contributed by atoms with van der Waals surface area (Å²) < 4.78 is 28.4. The number of ether oxygens (including phenoxy) is 1. The lowest BCUT2D eigenvalue weighted by molar-refractivity contribution is 0.0185. The van der Waals surface area contributed by atoms with E-state index in [1.165, 1.54) is 6.26 Å². The number of aryl methyl sites for hydroxylation is 1. The lowest BCUT2D eigenvalue weighted by Gasteiger charge is -2.23. The van der Waals surface area contributed by atoms with Crippen LogP contribution in [-0.4, -0.2) is 33.9 Å². The van der Waals surface area contributed by atoms with Gasteiger partial charge in [0, 0.05) is 25.6 Å². The van der Waals surface area contributed by atoms with Gasteiger partial charge in [-0.1, -0.05) is 6.07 Å². The molecule has 0 spiro atoms. The average Bonchev–Trinajstić information content (AvgIpc) is 2.30. The van der Waals surface area contributed by atoms with Gasteiger partial charge in [-0.2, -0.15) is 0 Å². The predicted octanol–water partition coefficient (Wildman–Crippen LogP) is 2.63. The van der Waals surface area contributed by atoms with Gasteiger partial charge in [-0.05, 0) is 44.9 Å². The van der Waals surface area contributed by atoms with Crippen molar-refractivity contribution in [2.24, 2.45) is 0 Å². The van der Waals surface area contributed by atoms with Gasteiger partial charge in [0.2, 0.25) is 0 Å². The van der Waals surface area contributed by atoms with Crippen molar-refractivity contribution in [3.8, 4) is 0 Å². The van der Waals surface area contributed by atoms with Crippen molar-refractivity contribution in [2.75, 3.05) is 25.2 Å². The summed E-state index contributed by atoms with van der Waals surface area (Å²) in [5.74, 6) is 0. The molecule has 0 heterocycles. The molecule has 0 aliphatic rings. The zero-order valence-corrected chi connectivity index (χ0v) is 13.1. The second-order valence-electron chi connectivity index (χ2n) is 5.39. The highest BCUT2D eigenvalue weighted by Gasteiger charge is 2.16. The highest BCUT2D eigenvalue weighted by Crippen LogP contribution is 2.21. The summed E-state index contributed by atoms with van der Waals surface area (Å²) in [4.78, 5) is 0.339. The molecule has 1 N–H and O–H groups in total. The van der Waals surface area contributed by atoms with Crippen molar-refractivity contribution in [3.05, 3.63) is 23.8 Å². The van der Waals surface area contributed by atoms with Crippen molar-refractivity contribution < 1.29 is 13.2 Å². The number of hydrogen-bond donors (Lipinski definition) is 1. The zero-order valence-electron chi connectivity index (χ0n) is 12.3. The van der Waals surface area contributed by atoms with Crippen LogP contribution in [0, 0.1) is 6.92 Å². The molecule has 0 aliphatic heterocycles. The monoisotopic (exact) mass is 285 g/mol. The van der Waals surface area contributed by atoms with Crippen LogP contribution in [0.3, 0.4) is 0 Å². The Labute approximate surface area is 116 Å². The van der Waals surface area contributed by atoms with E-state index in [0.717, 1.165) is 24.2 Å². The normalized spacial score (nSPS) is 12.5. The molecule has 0 aliphatic carbocycles. The van der Waals surface area contributed by atoms with Crippen molar-refractivity contribution in [1.29, 1.82) is 0 Å². The number of nitrogens with one attached hydrogen (secondary N) is 1. The van der Waals surface area contributed by atoms with Gasteiger partial charge in [0.1, 0.15) is 0 Å². The smallest absolute Gasteiger partial charge is 0.175 e. The fraction of sp³-hybridized carbons (Fsp3) is 0.571. The van der Waals surface area contributed by atoms with Gasteiger partial charge in [-0.3, -0.25) is 0 Å². The molecule has 108 valence electrons. The summed E-state index contributed by atoms with van der Waals surface area (Å²) in [7, 11) is -1.47. The van der Waals surface area contributed by atoms with Crippen LogP contribution in [0.5, 0.6) is 0 Å². The van der Waals surface area contributed by atoms with Crippen LogP contribution in [0.15, 0.2) is 23.1 Å². The van der Waals surface area contributed by atoms with Crippen LogP contribution in [0.4, 0.5) is 5.69 Å². The summed E-state index contributed by atoms with van der Waals surface area (Å²) in [6.45, 7) is 6.73. The number of rotatable bonds is 6. The molecule has 1 rings (SSSR count). The number of sulfone groups is 1. The maximum absolute atomic E-state index is 11.5. The molecule has 0 saturated carbocycles. The third-order valence-corrected chi connectivity index (χ3v) is 4.34. The maximum atomic E-state index is 11.5. The largest absolute Gasteiger partial charge is 0.385 e. The van der Waals surface area contributed by atoms with E-state index in [2.05, 4.69) is 5.32 Å². The van der Waals surface area contributed by atoms with E-state index in [0.29, 0.717) is 4.90 Å². The Morgan fingerprint density at radius 3 is 2.47 bits per heavy atom. The molecule has 0 fully saturated rings. The Hall–Kier alpha value is -1.07. The number of benzene rings is 1. The minimum absolute atomic E-state index is 0.185. The number of methoxy groups -OCH3 is 1. The van der Waals surface area contributed by atoms with Gasteiger partial charge in [-0.25, -0.2) is 8.42 Å². The molecular formula is C14H23NO3S. The molecule has 1 aromatic carbocycles. The second kappa shape index (κ2) is 5.92. The van der Waals surface area contributed by atoms with Crippen LogP contribution in [0.25, 0.3) is 0 Å². The fourth-order valence-corrected chi connectivity index (χ4v) is 2.27. The van der Waals surface area contributed by atoms with Gasteiger partial charge in [-0.15, -0.1) is 0 Å². The molecule has 1 aromatic rings. The zero-order chi connectivity index (χ0) is 14.7. The topological polar surface area (TPSA) is 55.4 Å². The van der Waals surface area contributed by atoms with E-state index in [-0.39, 0.29) is 5.60 Å². The Morgan fingerprint density at radius 2 is 1.95 bits per heavy atom. The Kier molecular flexibility index (Phi) is 4.98. The van der Waals surface area contributed by atoms with Crippen LogP contribution in [0.2, 0.25) is 0 Å². The first-order chi connectivity index (χ1) is 8.65. The lowest BCUT2D eigenvalue weighted by atomic mass is 10.1. The van der Waals surface area contributed by atoms with Gasteiger partial charge in [0.05, 0.1) is 10.5 Å². The van der Waals surface area contributed by atoms with E-state index in [1.807, 2.05) is 26.8 Å². The summed E-state index contributed by atoms with van der Waals surface area (Å²) in [5.41, 5.74) is 1.70. The van der Waals surface area contributed by atoms with Gasteiger partial charge in [0.25, 0.3) is 0 Å². The molecule has 0 unspecified atom stereocenters. The summed E-state index contributed by atoms with van der Waals surface area (Å²) in [6.07, 6.45) is 2.06. The van der Waals surface area contributed by atoms with Crippen molar-refractivity contribution >= 4 is 15.5 Å². The van der Waals surface area contributed by atoms with Crippen LogP contribution in [-0.2, 0) is 14.6 Å². The quantitative estimate of drug-likeness (QED) is 0.873. The molecule has 0 atom stereocenters. The Bertz CT molecular complexity index is 536. The first-order valence-electron chi connectivity index (χ1n) is 6.25. The van der Waals surface area contributed by atoms with Crippen LogP contribution < -0.4 is 5.32 Å². The number of hydrogen-bond acceptors (Lipinski definition) is 4. The number of anilines is 1. The molecule has 0 bridgehead atoms. The Balaban J connectivity index is 2.79. The minimum Gasteiger partial charge on any atom is -0.385 e. The highest BCUT2D eigenvalue weighted by atomic mass is 32.2. The van der Waals surface area contributed by atoms with Gasteiger partial charge >= 0.3 is 0 Å². The van der Waals surface area contributed by atoms with Crippen molar-refractivity contribution in [2.45, 2.75) is 37.7 Å². The second-order valence-corrected chi connectivity index (χ2v) is 7.41. The molecule has 0 amide bonds. The summed E-state index contributed by atoms with van der Waals surface area (Å²) in [6, 6.07) is 5.14. The molecule has 0 radical (unpaired) electrons.